The van der Waals surface area contributed by atoms with Gasteiger partial charge < -0.3 is 9.80 Å². The van der Waals surface area contributed by atoms with E-state index in [4.69, 9.17) is 0 Å². The number of carbonyl (C=O) groups excluding carboxylic acids is 2. The van der Waals surface area contributed by atoms with Crippen LogP contribution in [0.25, 0.3) is 0 Å². The maximum absolute atomic E-state index is 12.7. The van der Waals surface area contributed by atoms with Crippen molar-refractivity contribution in [1.82, 2.24) is 14.8 Å². The number of aryl methyl sites for hydroxylation is 1. The highest BCUT2D eigenvalue weighted by atomic mass is 16.2. The number of nitrogens with zero attached hydrogens (tertiary/aromatic N) is 3. The van der Waals surface area contributed by atoms with E-state index in [9.17, 15) is 9.59 Å². The van der Waals surface area contributed by atoms with Crippen molar-refractivity contribution in [2.45, 2.75) is 51.7 Å². The molecule has 0 aliphatic carbocycles. The number of piperazine rings is 1. The minimum absolute atomic E-state index is 0.0968. The molecule has 0 N–H and O–H groups in total. The molecule has 5 heteroatoms. The number of pyridine rings is 1. The summed E-state index contributed by atoms with van der Waals surface area (Å²) >= 11 is 0. The average Bonchev–Trinajstić information content (AvgIpc) is 2.97. The minimum atomic E-state index is -0.326. The second-order valence-corrected chi connectivity index (χ2v) is 5.89. The Morgan fingerprint density at radius 1 is 1.29 bits per heavy atom. The summed E-state index contributed by atoms with van der Waals surface area (Å²) in [5.74, 6) is 0.208. The van der Waals surface area contributed by atoms with E-state index in [1.165, 1.54) is 0 Å². The van der Waals surface area contributed by atoms with E-state index < -0.39 is 0 Å². The maximum Gasteiger partial charge on any atom is 0.246 e. The molecule has 2 aliphatic rings. The number of carbonyl (C=O) groups is 2. The topological polar surface area (TPSA) is 53.5 Å². The van der Waals surface area contributed by atoms with Crippen molar-refractivity contribution in [3.63, 3.8) is 0 Å². The molecule has 2 amide bonds. The fourth-order valence-electron chi connectivity index (χ4n) is 3.33. The van der Waals surface area contributed by atoms with Crippen LogP contribution in [0.1, 0.15) is 37.4 Å². The van der Waals surface area contributed by atoms with Crippen LogP contribution in [0.15, 0.2) is 18.3 Å². The molecule has 2 atom stereocenters. The normalized spacial score (nSPS) is 25.4. The lowest BCUT2D eigenvalue weighted by atomic mass is 10.0. The Hall–Kier alpha value is -1.91. The highest BCUT2D eigenvalue weighted by Gasteiger charge is 2.46. The molecule has 0 bridgehead atoms. The van der Waals surface area contributed by atoms with Gasteiger partial charge in [0.2, 0.25) is 11.8 Å². The van der Waals surface area contributed by atoms with Crippen molar-refractivity contribution in [2.24, 2.45) is 0 Å². The first kappa shape index (κ1) is 14.0. The molecule has 0 aromatic carbocycles. The van der Waals surface area contributed by atoms with Crippen molar-refractivity contribution < 1.29 is 9.59 Å². The number of aromatic nitrogens is 1. The van der Waals surface area contributed by atoms with Gasteiger partial charge in [0.05, 0.1) is 0 Å². The summed E-state index contributed by atoms with van der Waals surface area (Å²) in [6, 6.07) is 3.36. The van der Waals surface area contributed by atoms with E-state index >= 15 is 0 Å². The van der Waals surface area contributed by atoms with E-state index in [0.717, 1.165) is 30.6 Å². The maximum atomic E-state index is 12.7. The fraction of sp³-hybridized carbons (Fsp3) is 0.562. The van der Waals surface area contributed by atoms with Gasteiger partial charge in [-0.25, -0.2) is 0 Å². The molecular formula is C16H21N3O2. The van der Waals surface area contributed by atoms with E-state index in [0.29, 0.717) is 13.0 Å². The Bertz CT molecular complexity index is 555. The molecule has 0 saturated carbocycles. The summed E-state index contributed by atoms with van der Waals surface area (Å²) in [6.07, 6.45) is 4.18. The number of fused-ring (bicyclic) bond motifs is 1. The van der Waals surface area contributed by atoms with E-state index in [-0.39, 0.29) is 23.9 Å². The summed E-state index contributed by atoms with van der Waals surface area (Å²) in [6.45, 7) is 5.10. The predicted octanol–water partition coefficient (Wildman–Crippen LogP) is 1.50. The molecule has 1 aromatic heterocycles. The van der Waals surface area contributed by atoms with E-state index in [1.54, 1.807) is 16.0 Å². The molecule has 2 saturated heterocycles. The zero-order valence-electron chi connectivity index (χ0n) is 12.6. The van der Waals surface area contributed by atoms with Crippen molar-refractivity contribution in [3.8, 4) is 0 Å². The quantitative estimate of drug-likeness (QED) is 0.846. The summed E-state index contributed by atoms with van der Waals surface area (Å²) in [7, 11) is 0. The third-order valence-electron chi connectivity index (χ3n) is 4.48. The second-order valence-electron chi connectivity index (χ2n) is 5.89. The van der Waals surface area contributed by atoms with Crippen LogP contribution in [0.5, 0.6) is 0 Å². The molecule has 0 radical (unpaired) electrons. The van der Waals surface area contributed by atoms with Gasteiger partial charge in [-0.1, -0.05) is 13.0 Å². The lowest BCUT2D eigenvalue weighted by molar-refractivity contribution is -0.160. The van der Waals surface area contributed by atoms with Gasteiger partial charge >= 0.3 is 0 Å². The fourth-order valence-corrected chi connectivity index (χ4v) is 3.33. The number of rotatable bonds is 3. The van der Waals surface area contributed by atoms with Gasteiger partial charge in [-0.3, -0.25) is 14.6 Å². The minimum Gasteiger partial charge on any atom is -0.329 e. The van der Waals surface area contributed by atoms with Crippen LogP contribution in [-0.2, 0) is 16.1 Å². The molecule has 1 aromatic rings. The first-order chi connectivity index (χ1) is 10.1. The Balaban J connectivity index is 1.85. The van der Waals surface area contributed by atoms with Gasteiger partial charge in [0.15, 0.2) is 0 Å². The molecule has 3 rings (SSSR count). The first-order valence-electron chi connectivity index (χ1n) is 7.64. The standard InChI is InChI=1S/C16H21N3O2/c1-3-13-15(20)18-8-4-5-14(18)16(21)19(13)10-12-7-6-11(2)17-9-12/h6-7,9,13-14H,3-5,8,10H2,1-2H3. The van der Waals surface area contributed by atoms with Crippen LogP contribution in [0.4, 0.5) is 0 Å². The van der Waals surface area contributed by atoms with Crippen LogP contribution < -0.4 is 0 Å². The van der Waals surface area contributed by atoms with Gasteiger partial charge in [0, 0.05) is 25.0 Å². The SMILES string of the molecule is CCC1C(=O)N2CCCC2C(=O)N1Cc1ccc(C)nc1. The highest BCUT2D eigenvalue weighted by molar-refractivity contribution is 5.97. The molecular weight excluding hydrogens is 266 g/mol. The van der Waals surface area contributed by atoms with Crippen molar-refractivity contribution in [1.29, 1.82) is 0 Å². The molecule has 21 heavy (non-hydrogen) atoms. The zero-order chi connectivity index (χ0) is 15.0. The summed E-state index contributed by atoms with van der Waals surface area (Å²) in [4.78, 5) is 33.1. The van der Waals surface area contributed by atoms with Gasteiger partial charge in [-0.2, -0.15) is 0 Å². The van der Waals surface area contributed by atoms with Crippen molar-refractivity contribution in [2.75, 3.05) is 6.54 Å². The molecule has 3 heterocycles. The molecule has 0 spiro atoms. The summed E-state index contributed by atoms with van der Waals surface area (Å²) in [5, 5.41) is 0. The molecule has 2 unspecified atom stereocenters. The second kappa shape index (κ2) is 5.47. The van der Waals surface area contributed by atoms with Gasteiger partial charge in [-0.15, -0.1) is 0 Å². The van der Waals surface area contributed by atoms with Crippen LogP contribution in [0.2, 0.25) is 0 Å². The third kappa shape index (κ3) is 2.41. The summed E-state index contributed by atoms with van der Waals surface area (Å²) < 4.78 is 0. The Morgan fingerprint density at radius 2 is 2.10 bits per heavy atom. The van der Waals surface area contributed by atoms with Crippen molar-refractivity contribution >= 4 is 11.8 Å². The Labute approximate surface area is 124 Å². The van der Waals surface area contributed by atoms with Crippen LogP contribution in [0, 0.1) is 6.92 Å². The highest BCUT2D eigenvalue weighted by Crippen LogP contribution is 2.29. The molecule has 112 valence electrons. The van der Waals surface area contributed by atoms with E-state index in [1.807, 2.05) is 26.0 Å². The van der Waals surface area contributed by atoms with Crippen LogP contribution in [-0.4, -0.2) is 45.2 Å². The predicted molar refractivity (Wildman–Crippen MR) is 78.3 cm³/mol. The number of hydrogen-bond donors (Lipinski definition) is 0. The first-order valence-corrected chi connectivity index (χ1v) is 7.64. The molecule has 5 nitrogen and oxygen atoms in total. The van der Waals surface area contributed by atoms with Crippen LogP contribution in [0.3, 0.4) is 0 Å². The van der Waals surface area contributed by atoms with Gasteiger partial charge in [0.25, 0.3) is 0 Å². The largest absolute Gasteiger partial charge is 0.329 e. The lowest BCUT2D eigenvalue weighted by Crippen LogP contribution is -2.62. The monoisotopic (exact) mass is 287 g/mol. The zero-order valence-corrected chi connectivity index (χ0v) is 12.6. The molecule has 2 aliphatic heterocycles. The molecule has 2 fully saturated rings. The Morgan fingerprint density at radius 3 is 2.76 bits per heavy atom. The Kier molecular flexibility index (Phi) is 3.66. The average molecular weight is 287 g/mol. The lowest BCUT2D eigenvalue weighted by Gasteiger charge is -2.42. The van der Waals surface area contributed by atoms with Gasteiger partial charge in [-0.05, 0) is 37.8 Å². The van der Waals surface area contributed by atoms with Gasteiger partial charge in [0.1, 0.15) is 12.1 Å². The van der Waals surface area contributed by atoms with Crippen LogP contribution >= 0.6 is 0 Å². The number of amides is 2. The van der Waals surface area contributed by atoms with Crippen molar-refractivity contribution in [3.05, 3.63) is 29.6 Å². The third-order valence-corrected chi connectivity index (χ3v) is 4.48. The van der Waals surface area contributed by atoms with E-state index in [2.05, 4.69) is 4.98 Å². The smallest absolute Gasteiger partial charge is 0.246 e. The number of hydrogen-bond acceptors (Lipinski definition) is 3. The summed E-state index contributed by atoms with van der Waals surface area (Å²) in [5.41, 5.74) is 1.93.